The van der Waals surface area contributed by atoms with Crippen molar-refractivity contribution in [2.75, 3.05) is 13.1 Å². The molecule has 1 amide bonds. The van der Waals surface area contributed by atoms with Crippen molar-refractivity contribution < 1.29 is 18.0 Å². The molecule has 1 aromatic heterocycles. The maximum atomic E-state index is 14.9. The number of rotatable bonds is 6. The number of amides is 1. The van der Waals surface area contributed by atoms with Gasteiger partial charge in [-0.1, -0.05) is 24.3 Å². The molecule has 0 spiro atoms. The molecule has 1 unspecified atom stereocenters. The monoisotopic (exact) mass is 441 g/mol. The normalized spacial score (nSPS) is 16.8. The zero-order chi connectivity index (χ0) is 22.7. The first-order chi connectivity index (χ1) is 15.4. The van der Waals surface area contributed by atoms with Crippen LogP contribution in [-0.2, 0) is 17.9 Å². The van der Waals surface area contributed by atoms with E-state index in [1.54, 1.807) is 12.1 Å². The Morgan fingerprint density at radius 2 is 2.00 bits per heavy atom. The number of nitrogens with zero attached hydrogens (tertiary/aromatic N) is 2. The number of aromatic nitrogens is 1. The van der Waals surface area contributed by atoms with Gasteiger partial charge in [0.05, 0.1) is 18.4 Å². The second kappa shape index (κ2) is 9.48. The van der Waals surface area contributed by atoms with E-state index in [1.807, 2.05) is 24.3 Å². The van der Waals surface area contributed by atoms with Crippen LogP contribution < -0.4 is 11.1 Å². The smallest absolute Gasteiger partial charge is 0.411 e. The number of hydrogen-bond donors (Lipinski definition) is 1. The van der Waals surface area contributed by atoms with Crippen molar-refractivity contribution in [1.82, 2.24) is 14.8 Å². The molecule has 1 aliphatic heterocycles. The molecule has 8 heteroatoms. The fourth-order valence-corrected chi connectivity index (χ4v) is 3.94. The van der Waals surface area contributed by atoms with E-state index >= 15 is 0 Å². The number of carbonyl (C=O) groups excluding carboxylic acids is 1. The second-order valence-corrected chi connectivity index (χ2v) is 8.08. The highest BCUT2D eigenvalue weighted by Gasteiger charge is 2.19. The van der Waals surface area contributed by atoms with E-state index in [4.69, 9.17) is 4.42 Å². The van der Waals surface area contributed by atoms with Crippen LogP contribution in [0.2, 0.25) is 0 Å². The Morgan fingerprint density at radius 3 is 2.69 bits per heavy atom. The molecule has 32 heavy (non-hydrogen) atoms. The summed E-state index contributed by atoms with van der Waals surface area (Å²) in [7, 11) is 0. The number of alkyl halides is 1. The number of oxazole rings is 1. The number of likely N-dealkylation sites (tertiary alicyclic amines) is 1. The van der Waals surface area contributed by atoms with E-state index < -0.39 is 17.7 Å². The van der Waals surface area contributed by atoms with Crippen molar-refractivity contribution in [2.45, 2.75) is 39.0 Å². The van der Waals surface area contributed by atoms with Crippen LogP contribution in [0.3, 0.4) is 0 Å². The molecule has 1 fully saturated rings. The molecule has 1 saturated heterocycles. The summed E-state index contributed by atoms with van der Waals surface area (Å²) in [6.07, 6.45) is 2.17. The van der Waals surface area contributed by atoms with Crippen molar-refractivity contribution in [3.63, 3.8) is 0 Å². The first-order valence-corrected chi connectivity index (χ1v) is 10.6. The van der Waals surface area contributed by atoms with E-state index in [2.05, 4.69) is 10.2 Å². The number of piperidine rings is 1. The first kappa shape index (κ1) is 22.0. The van der Waals surface area contributed by atoms with Crippen LogP contribution in [0.1, 0.15) is 31.1 Å². The van der Waals surface area contributed by atoms with Gasteiger partial charge < -0.3 is 9.73 Å². The maximum absolute atomic E-state index is 14.9. The van der Waals surface area contributed by atoms with Gasteiger partial charge in [-0.3, -0.25) is 9.69 Å². The Hall–Kier alpha value is -3.26. The van der Waals surface area contributed by atoms with Crippen molar-refractivity contribution in [2.24, 2.45) is 0 Å². The minimum atomic E-state index is -0.764. The van der Waals surface area contributed by atoms with Crippen molar-refractivity contribution in [1.29, 1.82) is 0 Å². The average Bonchev–Trinajstić information content (AvgIpc) is 3.13. The predicted octanol–water partition coefficient (Wildman–Crippen LogP) is 3.81. The van der Waals surface area contributed by atoms with Crippen molar-refractivity contribution >= 4 is 5.91 Å². The molecule has 3 aromatic rings. The Balaban J connectivity index is 1.49. The van der Waals surface area contributed by atoms with Crippen molar-refractivity contribution in [3.8, 4) is 16.8 Å². The lowest BCUT2D eigenvalue weighted by atomic mass is 10.0. The number of carbonyl (C=O) groups is 1. The standard InChI is InChI=1S/C24H25F2N3O3/c1-16(30)27-12-21-15-29(24(31)32-21)20-8-9-22(23(26)11-20)18-6-4-17(5-7-18)13-28-10-2-3-19(25)14-28/h4-9,11,15,19H,2-3,10,12-14H2,1H3,(H,27,30). The van der Waals surface area contributed by atoms with Gasteiger partial charge in [0.1, 0.15) is 17.7 Å². The average molecular weight is 441 g/mol. The van der Waals surface area contributed by atoms with Crippen LogP contribution in [0.15, 0.2) is 57.9 Å². The summed E-state index contributed by atoms with van der Waals surface area (Å²) in [6, 6.07) is 12.1. The summed E-state index contributed by atoms with van der Waals surface area (Å²) in [4.78, 5) is 25.2. The SMILES string of the molecule is CC(=O)NCc1cn(-c2ccc(-c3ccc(CN4CCCC(F)C4)cc3)c(F)c2)c(=O)o1. The highest BCUT2D eigenvalue weighted by atomic mass is 19.1. The molecular formula is C24H25F2N3O3. The number of benzene rings is 2. The lowest BCUT2D eigenvalue weighted by Gasteiger charge is -2.28. The van der Waals surface area contributed by atoms with Gasteiger partial charge in [-0.25, -0.2) is 18.1 Å². The zero-order valence-corrected chi connectivity index (χ0v) is 17.8. The van der Waals surface area contributed by atoms with E-state index in [0.717, 1.165) is 18.5 Å². The summed E-state index contributed by atoms with van der Waals surface area (Å²) in [5, 5.41) is 2.55. The largest absolute Gasteiger partial charge is 0.423 e. The minimum absolute atomic E-state index is 0.0773. The van der Waals surface area contributed by atoms with Gasteiger partial charge >= 0.3 is 5.76 Å². The lowest BCUT2D eigenvalue weighted by Crippen LogP contribution is -2.35. The fourth-order valence-electron chi connectivity index (χ4n) is 3.94. The van der Waals surface area contributed by atoms with Gasteiger partial charge in [0.2, 0.25) is 5.91 Å². The zero-order valence-electron chi connectivity index (χ0n) is 17.8. The predicted molar refractivity (Wildman–Crippen MR) is 117 cm³/mol. The van der Waals surface area contributed by atoms with E-state index in [0.29, 0.717) is 36.3 Å². The third-order valence-electron chi connectivity index (χ3n) is 5.55. The molecule has 1 aliphatic rings. The van der Waals surface area contributed by atoms with E-state index in [1.165, 1.54) is 23.8 Å². The number of halogens is 2. The van der Waals surface area contributed by atoms with Crippen molar-refractivity contribution in [3.05, 3.63) is 76.4 Å². The first-order valence-electron chi connectivity index (χ1n) is 10.6. The molecule has 0 saturated carbocycles. The Morgan fingerprint density at radius 1 is 1.22 bits per heavy atom. The lowest BCUT2D eigenvalue weighted by molar-refractivity contribution is -0.119. The van der Waals surface area contributed by atoms with Gasteiger partial charge in [-0.2, -0.15) is 0 Å². The van der Waals surface area contributed by atoms with E-state index in [9.17, 15) is 18.4 Å². The second-order valence-electron chi connectivity index (χ2n) is 8.08. The number of hydrogen-bond acceptors (Lipinski definition) is 4. The Bertz CT molecular complexity index is 1150. The molecule has 1 atom stereocenters. The fraction of sp³-hybridized carbons (Fsp3) is 0.333. The van der Waals surface area contributed by atoms with E-state index in [-0.39, 0.29) is 18.2 Å². The summed E-state index contributed by atoms with van der Waals surface area (Å²) in [5.41, 5.74) is 2.51. The molecular weight excluding hydrogens is 416 g/mol. The Labute approximate surface area is 184 Å². The van der Waals surface area contributed by atoms with Crippen LogP contribution in [0.4, 0.5) is 8.78 Å². The Kier molecular flexibility index (Phi) is 6.50. The molecule has 2 aromatic carbocycles. The summed E-state index contributed by atoms with van der Waals surface area (Å²) >= 11 is 0. The molecule has 2 heterocycles. The van der Waals surface area contributed by atoms with Gasteiger partial charge in [0, 0.05) is 25.6 Å². The molecule has 4 rings (SSSR count). The molecule has 1 N–H and O–H groups in total. The van der Waals surface area contributed by atoms with Crippen LogP contribution >= 0.6 is 0 Å². The van der Waals surface area contributed by atoms with Crippen LogP contribution in [0.25, 0.3) is 16.8 Å². The van der Waals surface area contributed by atoms with Gasteiger partial charge in [-0.05, 0) is 48.7 Å². The van der Waals surface area contributed by atoms with Gasteiger partial charge in [0.15, 0.2) is 0 Å². The summed E-state index contributed by atoms with van der Waals surface area (Å²) in [5.74, 6) is -1.10. The highest BCUT2D eigenvalue weighted by molar-refractivity contribution is 5.72. The maximum Gasteiger partial charge on any atom is 0.423 e. The quantitative estimate of drug-likeness (QED) is 0.632. The molecule has 6 nitrogen and oxygen atoms in total. The van der Waals surface area contributed by atoms with Crippen LogP contribution in [-0.4, -0.2) is 34.6 Å². The summed E-state index contributed by atoms with van der Waals surface area (Å²) in [6.45, 7) is 3.46. The van der Waals surface area contributed by atoms with Gasteiger partial charge in [0.25, 0.3) is 0 Å². The topological polar surface area (TPSA) is 67.5 Å². The number of nitrogens with one attached hydrogen (secondary N) is 1. The summed E-state index contributed by atoms with van der Waals surface area (Å²) < 4.78 is 34.8. The third-order valence-corrected chi connectivity index (χ3v) is 5.55. The third kappa shape index (κ3) is 5.13. The van der Waals surface area contributed by atoms with Crippen LogP contribution in [0, 0.1) is 5.82 Å². The molecule has 168 valence electrons. The van der Waals surface area contributed by atoms with Gasteiger partial charge in [-0.15, -0.1) is 0 Å². The molecule has 0 bridgehead atoms. The molecule has 0 aliphatic carbocycles. The minimum Gasteiger partial charge on any atom is -0.411 e. The van der Waals surface area contributed by atoms with Crippen LogP contribution in [0.5, 0.6) is 0 Å². The highest BCUT2D eigenvalue weighted by Crippen LogP contribution is 2.26. The molecule has 0 radical (unpaired) electrons.